The maximum atomic E-state index is 10.2. The highest BCUT2D eigenvalue weighted by Crippen LogP contribution is 2.41. The summed E-state index contributed by atoms with van der Waals surface area (Å²) in [5.74, 6) is 0.417. The molecule has 1 fully saturated rings. The van der Waals surface area contributed by atoms with Crippen molar-refractivity contribution in [2.24, 2.45) is 5.92 Å². The molecule has 0 bridgehead atoms. The van der Waals surface area contributed by atoms with Crippen LogP contribution in [0.2, 0.25) is 0 Å². The second-order valence-electron chi connectivity index (χ2n) is 5.11. The molecular formula is C15H14N2O. The van der Waals surface area contributed by atoms with Crippen LogP contribution in [0.25, 0.3) is 21.8 Å². The van der Waals surface area contributed by atoms with Crippen LogP contribution < -0.4 is 0 Å². The first-order valence-corrected chi connectivity index (χ1v) is 6.37. The molecular weight excluding hydrogens is 224 g/mol. The molecule has 0 aliphatic heterocycles. The van der Waals surface area contributed by atoms with Crippen molar-refractivity contribution in [3.8, 4) is 0 Å². The van der Waals surface area contributed by atoms with Crippen LogP contribution in [0.1, 0.15) is 24.6 Å². The molecule has 3 nitrogen and oxygen atoms in total. The maximum Gasteiger partial charge on any atom is 0.0988 e. The van der Waals surface area contributed by atoms with E-state index in [0.717, 1.165) is 35.0 Å². The highest BCUT2D eigenvalue weighted by molar-refractivity contribution is 6.06. The number of hydrogen-bond acceptors (Lipinski definition) is 2. The largest absolute Gasteiger partial charge is 0.387 e. The summed E-state index contributed by atoms with van der Waals surface area (Å²) in [4.78, 5) is 7.73. The maximum absolute atomic E-state index is 10.2. The molecule has 18 heavy (non-hydrogen) atoms. The van der Waals surface area contributed by atoms with Crippen molar-refractivity contribution in [3.05, 3.63) is 42.2 Å². The summed E-state index contributed by atoms with van der Waals surface area (Å²) in [6.45, 7) is 0. The highest BCUT2D eigenvalue weighted by atomic mass is 16.3. The van der Waals surface area contributed by atoms with Crippen molar-refractivity contribution in [1.29, 1.82) is 0 Å². The van der Waals surface area contributed by atoms with Gasteiger partial charge in [0.25, 0.3) is 0 Å². The second-order valence-corrected chi connectivity index (χ2v) is 5.11. The lowest BCUT2D eigenvalue weighted by Crippen LogP contribution is -2.01. The molecule has 2 N–H and O–H groups in total. The minimum Gasteiger partial charge on any atom is -0.387 e. The smallest absolute Gasteiger partial charge is 0.0988 e. The molecule has 0 amide bonds. The predicted octanol–water partition coefficient (Wildman–Crippen LogP) is 3.16. The fourth-order valence-electron chi connectivity index (χ4n) is 2.58. The van der Waals surface area contributed by atoms with Gasteiger partial charge in [-0.25, -0.2) is 0 Å². The van der Waals surface area contributed by atoms with Gasteiger partial charge in [-0.1, -0.05) is 18.2 Å². The Balaban J connectivity index is 1.94. The zero-order chi connectivity index (χ0) is 12.1. The monoisotopic (exact) mass is 238 g/mol. The first-order valence-electron chi connectivity index (χ1n) is 6.37. The normalized spacial score (nSPS) is 17.4. The van der Waals surface area contributed by atoms with Crippen molar-refractivity contribution in [3.63, 3.8) is 0 Å². The van der Waals surface area contributed by atoms with Crippen molar-refractivity contribution in [2.75, 3.05) is 0 Å². The van der Waals surface area contributed by atoms with E-state index in [-0.39, 0.29) is 0 Å². The van der Waals surface area contributed by atoms with Crippen molar-refractivity contribution >= 4 is 21.8 Å². The third kappa shape index (κ3) is 1.44. The molecule has 1 atom stereocenters. The number of aliphatic hydroxyl groups excluding tert-OH is 1. The lowest BCUT2D eigenvalue weighted by atomic mass is 10.1. The van der Waals surface area contributed by atoms with E-state index in [4.69, 9.17) is 0 Å². The summed E-state index contributed by atoms with van der Waals surface area (Å²) in [6, 6.07) is 10.2. The first-order chi connectivity index (χ1) is 8.83. The van der Waals surface area contributed by atoms with Crippen LogP contribution in [0.15, 0.2) is 36.5 Å². The molecule has 1 aromatic carbocycles. The molecule has 1 aliphatic rings. The number of rotatable bonds is 2. The van der Waals surface area contributed by atoms with Gasteiger partial charge in [-0.05, 0) is 30.9 Å². The van der Waals surface area contributed by atoms with Crippen LogP contribution in [0.3, 0.4) is 0 Å². The minimum absolute atomic E-state index is 0.400. The summed E-state index contributed by atoms with van der Waals surface area (Å²) in [6.07, 6.45) is 3.67. The Morgan fingerprint density at radius 3 is 2.83 bits per heavy atom. The Morgan fingerprint density at radius 2 is 2.00 bits per heavy atom. The summed E-state index contributed by atoms with van der Waals surface area (Å²) in [5.41, 5.74) is 2.95. The Kier molecular flexibility index (Phi) is 2.00. The fourth-order valence-corrected chi connectivity index (χ4v) is 2.58. The molecule has 4 rings (SSSR count). The first kappa shape index (κ1) is 10.1. The topological polar surface area (TPSA) is 48.9 Å². The lowest BCUT2D eigenvalue weighted by molar-refractivity contribution is 0.149. The average Bonchev–Trinajstić information content (AvgIpc) is 3.18. The minimum atomic E-state index is -0.400. The number of hydrogen-bond donors (Lipinski definition) is 2. The van der Waals surface area contributed by atoms with Gasteiger partial charge in [0.2, 0.25) is 0 Å². The van der Waals surface area contributed by atoms with Gasteiger partial charge < -0.3 is 10.1 Å². The number of nitrogens with zero attached hydrogens (tertiary/aromatic N) is 1. The lowest BCUT2D eigenvalue weighted by Gasteiger charge is -2.07. The summed E-state index contributed by atoms with van der Waals surface area (Å²) in [7, 11) is 0. The fraction of sp³-hybridized carbons (Fsp3) is 0.267. The van der Waals surface area contributed by atoms with Gasteiger partial charge in [-0.3, -0.25) is 4.98 Å². The Hall–Kier alpha value is -1.87. The van der Waals surface area contributed by atoms with Crippen LogP contribution in [0.5, 0.6) is 0 Å². The van der Waals surface area contributed by atoms with E-state index in [1.54, 1.807) is 0 Å². The van der Waals surface area contributed by atoms with E-state index < -0.39 is 6.10 Å². The summed E-state index contributed by atoms with van der Waals surface area (Å²) in [5, 5.41) is 12.5. The Bertz CT molecular complexity index is 728. The molecule has 3 aromatic rings. The second kappa shape index (κ2) is 3.56. The number of fused-ring (bicyclic) bond motifs is 3. The van der Waals surface area contributed by atoms with Crippen LogP contribution in [-0.4, -0.2) is 15.1 Å². The molecule has 2 aromatic heterocycles. The van der Waals surface area contributed by atoms with Crippen LogP contribution >= 0.6 is 0 Å². The van der Waals surface area contributed by atoms with E-state index >= 15 is 0 Å². The van der Waals surface area contributed by atoms with Crippen molar-refractivity contribution in [2.45, 2.75) is 18.9 Å². The van der Waals surface area contributed by atoms with Gasteiger partial charge in [0, 0.05) is 16.3 Å². The van der Waals surface area contributed by atoms with E-state index in [1.807, 2.05) is 24.4 Å². The quantitative estimate of drug-likeness (QED) is 0.720. The number of para-hydroxylation sites is 1. The highest BCUT2D eigenvalue weighted by Gasteiger charge is 2.31. The number of benzene rings is 1. The molecule has 1 saturated carbocycles. The number of H-pyrrole nitrogens is 1. The Labute approximate surface area is 104 Å². The van der Waals surface area contributed by atoms with Gasteiger partial charge in [-0.15, -0.1) is 0 Å². The molecule has 90 valence electrons. The SMILES string of the molecule is OC(c1cc2c(cn1)[nH]c1ccccc12)C1CC1. The van der Waals surface area contributed by atoms with Gasteiger partial charge in [-0.2, -0.15) is 0 Å². The van der Waals surface area contributed by atoms with Gasteiger partial charge in [0.05, 0.1) is 23.5 Å². The van der Waals surface area contributed by atoms with Gasteiger partial charge in [0.15, 0.2) is 0 Å². The summed E-state index contributed by atoms with van der Waals surface area (Å²) < 4.78 is 0. The number of aliphatic hydroxyl groups is 1. The molecule has 1 unspecified atom stereocenters. The van der Waals surface area contributed by atoms with Crippen molar-refractivity contribution in [1.82, 2.24) is 9.97 Å². The molecule has 0 radical (unpaired) electrons. The van der Waals surface area contributed by atoms with Gasteiger partial charge >= 0.3 is 0 Å². The van der Waals surface area contributed by atoms with E-state index in [9.17, 15) is 5.11 Å². The van der Waals surface area contributed by atoms with Crippen molar-refractivity contribution < 1.29 is 5.11 Å². The number of pyridine rings is 1. The van der Waals surface area contributed by atoms with Crippen LogP contribution in [-0.2, 0) is 0 Å². The molecule has 3 heteroatoms. The van der Waals surface area contributed by atoms with Crippen LogP contribution in [0.4, 0.5) is 0 Å². The predicted molar refractivity (Wildman–Crippen MR) is 71.3 cm³/mol. The van der Waals surface area contributed by atoms with E-state index in [1.165, 1.54) is 5.39 Å². The summed E-state index contributed by atoms with van der Waals surface area (Å²) >= 11 is 0. The zero-order valence-corrected chi connectivity index (χ0v) is 9.93. The number of nitrogens with one attached hydrogen (secondary N) is 1. The van der Waals surface area contributed by atoms with E-state index in [0.29, 0.717) is 5.92 Å². The zero-order valence-electron chi connectivity index (χ0n) is 9.93. The standard InChI is InChI=1S/C15H14N2O/c18-15(9-5-6-9)13-7-11-10-3-1-2-4-12(10)17-14(11)8-16-13/h1-4,7-9,15,17-18H,5-6H2. The average molecular weight is 238 g/mol. The molecule has 1 aliphatic carbocycles. The van der Waals surface area contributed by atoms with Crippen LogP contribution in [0, 0.1) is 5.92 Å². The van der Waals surface area contributed by atoms with Gasteiger partial charge in [0.1, 0.15) is 0 Å². The molecule has 2 heterocycles. The molecule has 0 spiro atoms. The number of aromatic nitrogens is 2. The number of aromatic amines is 1. The Morgan fingerprint density at radius 1 is 1.17 bits per heavy atom. The third-order valence-corrected chi connectivity index (χ3v) is 3.78. The molecule has 0 saturated heterocycles. The van der Waals surface area contributed by atoms with E-state index in [2.05, 4.69) is 22.1 Å². The third-order valence-electron chi connectivity index (χ3n) is 3.78.